The third-order valence-corrected chi connectivity index (χ3v) is 4.49. The number of esters is 1. The van der Waals surface area contributed by atoms with Crippen LogP contribution in [0.1, 0.15) is 43.5 Å². The molecule has 2 N–H and O–H groups in total. The van der Waals surface area contributed by atoms with Crippen molar-refractivity contribution in [3.63, 3.8) is 0 Å². The molecule has 0 unspecified atom stereocenters. The number of carbonyl (C=O) groups excluding carboxylic acids is 3. The van der Waals surface area contributed by atoms with Crippen LogP contribution in [0.25, 0.3) is 0 Å². The zero-order chi connectivity index (χ0) is 20.4. The Morgan fingerprint density at radius 3 is 2.29 bits per heavy atom. The number of anilines is 1. The number of piperidine rings is 1. The van der Waals surface area contributed by atoms with Crippen LogP contribution in [-0.4, -0.2) is 61.8 Å². The minimum Gasteiger partial charge on any atom is -0.462 e. The molecule has 0 spiro atoms. The second-order valence-electron chi connectivity index (χ2n) is 6.51. The fourth-order valence-corrected chi connectivity index (χ4v) is 3.00. The molecule has 0 saturated carbocycles. The van der Waals surface area contributed by atoms with E-state index in [0.717, 1.165) is 12.8 Å². The van der Waals surface area contributed by atoms with E-state index >= 15 is 0 Å². The maximum Gasteiger partial charge on any atom is 0.409 e. The van der Waals surface area contributed by atoms with Gasteiger partial charge in [0.2, 0.25) is 5.91 Å². The highest BCUT2D eigenvalue weighted by Crippen LogP contribution is 2.13. The van der Waals surface area contributed by atoms with Gasteiger partial charge in [-0.25, -0.2) is 9.59 Å². The lowest BCUT2D eigenvalue weighted by Gasteiger charge is -2.31. The van der Waals surface area contributed by atoms with E-state index in [1.165, 1.54) is 0 Å². The summed E-state index contributed by atoms with van der Waals surface area (Å²) >= 11 is 0. The first-order valence-corrected chi connectivity index (χ1v) is 9.75. The number of nitrogens with one attached hydrogen (secondary N) is 2. The quantitative estimate of drug-likeness (QED) is 0.661. The maximum absolute atomic E-state index is 12.1. The topological polar surface area (TPSA) is 97.0 Å². The van der Waals surface area contributed by atoms with Crippen LogP contribution in [0, 0.1) is 0 Å². The van der Waals surface area contributed by atoms with E-state index < -0.39 is 0 Å². The van der Waals surface area contributed by atoms with Crippen LogP contribution in [0.5, 0.6) is 0 Å². The monoisotopic (exact) mass is 391 g/mol. The largest absolute Gasteiger partial charge is 0.462 e. The number of carbonyl (C=O) groups is 3. The smallest absolute Gasteiger partial charge is 0.409 e. The van der Waals surface area contributed by atoms with E-state index in [2.05, 4.69) is 10.6 Å². The van der Waals surface area contributed by atoms with Crippen molar-refractivity contribution in [1.82, 2.24) is 10.2 Å². The molecule has 2 rings (SSSR count). The Morgan fingerprint density at radius 2 is 1.68 bits per heavy atom. The van der Waals surface area contributed by atoms with Crippen molar-refractivity contribution in [2.45, 2.75) is 39.2 Å². The molecule has 0 atom stereocenters. The van der Waals surface area contributed by atoms with Crippen molar-refractivity contribution in [3.8, 4) is 0 Å². The predicted molar refractivity (Wildman–Crippen MR) is 105 cm³/mol. The lowest BCUT2D eigenvalue weighted by Crippen LogP contribution is -2.45. The molecule has 1 aliphatic heterocycles. The summed E-state index contributed by atoms with van der Waals surface area (Å²) < 4.78 is 9.93. The van der Waals surface area contributed by atoms with Crippen LogP contribution in [0.15, 0.2) is 24.3 Å². The summed E-state index contributed by atoms with van der Waals surface area (Å²) in [5.74, 6) is -0.473. The summed E-state index contributed by atoms with van der Waals surface area (Å²) in [7, 11) is 0. The molecule has 154 valence electrons. The van der Waals surface area contributed by atoms with Gasteiger partial charge in [-0.05, 0) is 51.0 Å². The molecular weight excluding hydrogens is 362 g/mol. The summed E-state index contributed by atoms with van der Waals surface area (Å²) in [6.07, 6.45) is 1.78. The lowest BCUT2D eigenvalue weighted by molar-refractivity contribution is -0.116. The minimum absolute atomic E-state index is 0.0969. The molecule has 1 aromatic rings. The first kappa shape index (κ1) is 21.7. The van der Waals surface area contributed by atoms with Crippen molar-refractivity contribution in [2.24, 2.45) is 0 Å². The highest BCUT2D eigenvalue weighted by Gasteiger charge is 2.23. The van der Waals surface area contributed by atoms with Gasteiger partial charge in [-0.15, -0.1) is 0 Å². The number of hydrogen-bond acceptors (Lipinski definition) is 6. The Balaban J connectivity index is 1.65. The number of amides is 2. The summed E-state index contributed by atoms with van der Waals surface area (Å²) in [5.41, 5.74) is 1.09. The summed E-state index contributed by atoms with van der Waals surface area (Å²) in [4.78, 5) is 37.1. The molecule has 8 nitrogen and oxygen atoms in total. The van der Waals surface area contributed by atoms with Crippen molar-refractivity contribution < 1.29 is 23.9 Å². The fraction of sp³-hybridized carbons (Fsp3) is 0.550. The van der Waals surface area contributed by atoms with Gasteiger partial charge in [0.15, 0.2) is 0 Å². The van der Waals surface area contributed by atoms with Crippen LogP contribution >= 0.6 is 0 Å². The zero-order valence-electron chi connectivity index (χ0n) is 16.5. The minimum atomic E-state index is -0.376. The van der Waals surface area contributed by atoms with E-state index in [9.17, 15) is 14.4 Å². The van der Waals surface area contributed by atoms with Gasteiger partial charge in [0, 0.05) is 37.8 Å². The first-order chi connectivity index (χ1) is 13.5. The summed E-state index contributed by atoms with van der Waals surface area (Å²) in [5, 5.41) is 6.18. The van der Waals surface area contributed by atoms with Crippen LogP contribution in [-0.2, 0) is 14.3 Å². The standard InChI is InChI=1S/C20H29N3O5/c1-3-27-19(25)15-5-7-17(8-6-15)22-18(24)9-12-21-16-10-13-23(14-11-16)20(26)28-4-2/h5-8,16,21H,3-4,9-14H2,1-2H3,(H,22,24). The van der Waals surface area contributed by atoms with Gasteiger partial charge in [-0.3, -0.25) is 4.79 Å². The van der Waals surface area contributed by atoms with Gasteiger partial charge in [-0.1, -0.05) is 0 Å². The maximum atomic E-state index is 12.1. The van der Waals surface area contributed by atoms with Gasteiger partial charge in [0.25, 0.3) is 0 Å². The number of ether oxygens (including phenoxy) is 2. The molecule has 1 saturated heterocycles. The van der Waals surface area contributed by atoms with Gasteiger partial charge < -0.3 is 25.0 Å². The molecular formula is C20H29N3O5. The predicted octanol–water partition coefficient (Wildman–Crippen LogP) is 2.40. The summed E-state index contributed by atoms with van der Waals surface area (Å²) in [6.45, 7) is 6.15. The van der Waals surface area contributed by atoms with E-state index in [4.69, 9.17) is 9.47 Å². The molecule has 2 amide bonds. The Bertz CT molecular complexity index is 654. The molecule has 1 heterocycles. The van der Waals surface area contributed by atoms with Crippen LogP contribution < -0.4 is 10.6 Å². The van der Waals surface area contributed by atoms with E-state index in [0.29, 0.717) is 56.6 Å². The Labute approximate surface area is 165 Å². The zero-order valence-corrected chi connectivity index (χ0v) is 16.5. The summed E-state index contributed by atoms with van der Waals surface area (Å²) in [6, 6.07) is 6.92. The molecule has 1 aliphatic rings. The van der Waals surface area contributed by atoms with E-state index in [-0.39, 0.29) is 18.0 Å². The molecule has 0 aromatic heterocycles. The number of rotatable bonds is 8. The molecule has 0 bridgehead atoms. The van der Waals surface area contributed by atoms with Crippen LogP contribution in [0.2, 0.25) is 0 Å². The molecule has 1 fully saturated rings. The van der Waals surface area contributed by atoms with Gasteiger partial charge in [-0.2, -0.15) is 0 Å². The number of hydrogen-bond donors (Lipinski definition) is 2. The Hall–Kier alpha value is -2.61. The SMILES string of the molecule is CCOC(=O)c1ccc(NC(=O)CCNC2CCN(C(=O)OCC)CC2)cc1. The molecule has 0 aliphatic carbocycles. The third kappa shape index (κ3) is 6.84. The Morgan fingerprint density at radius 1 is 1.04 bits per heavy atom. The highest BCUT2D eigenvalue weighted by atomic mass is 16.6. The highest BCUT2D eigenvalue weighted by molar-refractivity contribution is 5.93. The average molecular weight is 391 g/mol. The first-order valence-electron chi connectivity index (χ1n) is 9.75. The fourth-order valence-electron chi connectivity index (χ4n) is 3.00. The van der Waals surface area contributed by atoms with Crippen molar-refractivity contribution in [3.05, 3.63) is 29.8 Å². The molecule has 1 aromatic carbocycles. The Kier molecular flexibility index (Phi) is 8.74. The third-order valence-electron chi connectivity index (χ3n) is 4.49. The molecule has 28 heavy (non-hydrogen) atoms. The molecule has 8 heteroatoms. The number of nitrogens with zero attached hydrogens (tertiary/aromatic N) is 1. The second-order valence-corrected chi connectivity index (χ2v) is 6.51. The van der Waals surface area contributed by atoms with E-state index in [1.807, 2.05) is 0 Å². The van der Waals surface area contributed by atoms with Crippen LogP contribution in [0.3, 0.4) is 0 Å². The lowest BCUT2D eigenvalue weighted by atomic mass is 10.1. The number of likely N-dealkylation sites (tertiary alicyclic amines) is 1. The van der Waals surface area contributed by atoms with Gasteiger partial charge in [0.05, 0.1) is 18.8 Å². The van der Waals surface area contributed by atoms with Crippen molar-refractivity contribution in [1.29, 1.82) is 0 Å². The molecule has 0 radical (unpaired) electrons. The number of benzene rings is 1. The second kappa shape index (κ2) is 11.3. The van der Waals surface area contributed by atoms with Crippen LogP contribution in [0.4, 0.5) is 10.5 Å². The normalized spacial score (nSPS) is 14.4. The average Bonchev–Trinajstić information content (AvgIpc) is 2.69. The van der Waals surface area contributed by atoms with E-state index in [1.54, 1.807) is 43.0 Å². The van der Waals surface area contributed by atoms with Gasteiger partial charge >= 0.3 is 12.1 Å². The van der Waals surface area contributed by atoms with Crippen molar-refractivity contribution in [2.75, 3.05) is 38.2 Å². The van der Waals surface area contributed by atoms with Crippen molar-refractivity contribution >= 4 is 23.7 Å². The van der Waals surface area contributed by atoms with Gasteiger partial charge in [0.1, 0.15) is 0 Å².